The molecule has 0 unspecified atom stereocenters. The quantitative estimate of drug-likeness (QED) is 0.383. The molecule has 0 bridgehead atoms. The number of carbonyl (C=O) groups excluding carboxylic acids is 1. The summed E-state index contributed by atoms with van der Waals surface area (Å²) in [5.41, 5.74) is 1.24. The maximum atomic E-state index is 12.2. The molecule has 0 spiro atoms. The van der Waals surface area contributed by atoms with Crippen molar-refractivity contribution in [3.05, 3.63) is 56.5 Å². The minimum atomic E-state index is -0.257. The molecule has 2 aromatic carbocycles. The highest BCUT2D eigenvalue weighted by molar-refractivity contribution is 7.99. The van der Waals surface area contributed by atoms with Crippen LogP contribution in [0.3, 0.4) is 0 Å². The second kappa shape index (κ2) is 8.71. The number of thioether (sulfide) groups is 1. The molecule has 0 radical (unpaired) electrons. The van der Waals surface area contributed by atoms with Gasteiger partial charge in [0.1, 0.15) is 0 Å². The molecule has 1 aromatic heterocycles. The van der Waals surface area contributed by atoms with E-state index < -0.39 is 0 Å². The summed E-state index contributed by atoms with van der Waals surface area (Å²) in [6.07, 6.45) is 0. The Morgan fingerprint density at radius 3 is 2.56 bits per heavy atom. The lowest BCUT2D eigenvalue weighted by atomic mass is 10.2. The SMILES string of the molecule is Cn1c(SCC(=O)Nc2cc(Cl)c(Cl)cc2Cl)nnc1-c1cccc(Cl)c1. The Kier molecular flexibility index (Phi) is 6.55. The van der Waals surface area contributed by atoms with Gasteiger partial charge in [0.25, 0.3) is 0 Å². The molecule has 1 heterocycles. The van der Waals surface area contributed by atoms with Gasteiger partial charge in [-0.1, -0.05) is 70.3 Å². The highest BCUT2D eigenvalue weighted by Crippen LogP contribution is 2.32. The first-order valence-electron chi connectivity index (χ1n) is 7.57. The molecule has 0 aliphatic heterocycles. The van der Waals surface area contributed by atoms with Gasteiger partial charge in [-0.25, -0.2) is 0 Å². The van der Waals surface area contributed by atoms with E-state index in [1.807, 2.05) is 19.2 Å². The van der Waals surface area contributed by atoms with Gasteiger partial charge < -0.3 is 9.88 Å². The molecule has 27 heavy (non-hydrogen) atoms. The number of amides is 1. The Balaban J connectivity index is 1.67. The van der Waals surface area contributed by atoms with E-state index in [1.54, 1.807) is 16.7 Å². The number of halogens is 4. The number of anilines is 1. The fourth-order valence-corrected chi connectivity index (χ4v) is 3.75. The van der Waals surface area contributed by atoms with Crippen LogP contribution in [-0.2, 0) is 11.8 Å². The Labute approximate surface area is 180 Å². The van der Waals surface area contributed by atoms with Gasteiger partial charge in [-0.3, -0.25) is 4.79 Å². The van der Waals surface area contributed by atoms with E-state index in [2.05, 4.69) is 15.5 Å². The molecule has 0 aliphatic carbocycles. The van der Waals surface area contributed by atoms with Crippen LogP contribution in [-0.4, -0.2) is 26.4 Å². The van der Waals surface area contributed by atoms with E-state index in [9.17, 15) is 4.79 Å². The van der Waals surface area contributed by atoms with Crippen LogP contribution < -0.4 is 5.32 Å². The minimum absolute atomic E-state index is 0.123. The molecule has 0 fully saturated rings. The van der Waals surface area contributed by atoms with Gasteiger partial charge in [0, 0.05) is 17.6 Å². The largest absolute Gasteiger partial charge is 0.324 e. The highest BCUT2D eigenvalue weighted by atomic mass is 35.5. The van der Waals surface area contributed by atoms with E-state index in [0.29, 0.717) is 36.8 Å². The molecule has 140 valence electrons. The smallest absolute Gasteiger partial charge is 0.234 e. The van der Waals surface area contributed by atoms with E-state index >= 15 is 0 Å². The van der Waals surface area contributed by atoms with Crippen LogP contribution in [0, 0.1) is 0 Å². The number of nitrogens with one attached hydrogen (secondary N) is 1. The molecule has 0 aliphatic rings. The van der Waals surface area contributed by atoms with Crippen molar-refractivity contribution < 1.29 is 4.79 Å². The highest BCUT2D eigenvalue weighted by Gasteiger charge is 2.14. The molecular formula is C17H12Cl4N4OS. The van der Waals surface area contributed by atoms with Gasteiger partial charge in [0.05, 0.1) is 26.5 Å². The third kappa shape index (κ3) is 4.89. The van der Waals surface area contributed by atoms with Crippen LogP contribution in [0.5, 0.6) is 0 Å². The molecule has 10 heteroatoms. The summed E-state index contributed by atoms with van der Waals surface area (Å²) >= 11 is 25.2. The number of hydrogen-bond acceptors (Lipinski definition) is 4. The number of carbonyl (C=O) groups is 1. The first-order chi connectivity index (χ1) is 12.8. The fourth-order valence-electron chi connectivity index (χ4n) is 2.25. The zero-order chi connectivity index (χ0) is 19.6. The van der Waals surface area contributed by atoms with Crippen molar-refractivity contribution in [3.63, 3.8) is 0 Å². The van der Waals surface area contributed by atoms with Crippen LogP contribution in [0.4, 0.5) is 5.69 Å². The van der Waals surface area contributed by atoms with Gasteiger partial charge >= 0.3 is 0 Å². The number of rotatable bonds is 5. The molecule has 3 rings (SSSR count). The van der Waals surface area contributed by atoms with E-state index in [0.717, 1.165) is 5.56 Å². The van der Waals surface area contributed by atoms with E-state index in [-0.39, 0.29) is 11.7 Å². The monoisotopic (exact) mass is 460 g/mol. The standard InChI is InChI=1S/C17H12Cl4N4OS/c1-25-16(9-3-2-4-10(18)5-9)23-24-17(25)27-8-15(26)22-14-7-12(20)11(19)6-13(14)21/h2-7H,8H2,1H3,(H,22,26). The molecule has 0 atom stereocenters. The van der Waals surface area contributed by atoms with Crippen molar-refractivity contribution in [2.24, 2.45) is 7.05 Å². The lowest BCUT2D eigenvalue weighted by Gasteiger charge is -2.08. The predicted molar refractivity (Wildman–Crippen MR) is 112 cm³/mol. The maximum Gasteiger partial charge on any atom is 0.234 e. The zero-order valence-electron chi connectivity index (χ0n) is 13.8. The third-order valence-electron chi connectivity index (χ3n) is 3.53. The molecule has 1 amide bonds. The summed E-state index contributed by atoms with van der Waals surface area (Å²) in [4.78, 5) is 12.2. The molecule has 1 N–H and O–H groups in total. The number of aromatic nitrogens is 3. The second-order valence-electron chi connectivity index (χ2n) is 5.46. The Morgan fingerprint density at radius 1 is 1.07 bits per heavy atom. The summed E-state index contributed by atoms with van der Waals surface area (Å²) in [7, 11) is 1.83. The van der Waals surface area contributed by atoms with Gasteiger partial charge in [0.2, 0.25) is 5.91 Å². The Morgan fingerprint density at radius 2 is 1.81 bits per heavy atom. The van der Waals surface area contributed by atoms with E-state index in [4.69, 9.17) is 46.4 Å². The molecular weight excluding hydrogens is 450 g/mol. The average molecular weight is 462 g/mol. The van der Waals surface area contributed by atoms with Crippen molar-refractivity contribution in [2.45, 2.75) is 5.16 Å². The minimum Gasteiger partial charge on any atom is -0.324 e. The van der Waals surface area contributed by atoms with Gasteiger partial charge in [-0.15, -0.1) is 10.2 Å². The number of hydrogen-bond donors (Lipinski definition) is 1. The Bertz CT molecular complexity index is 1010. The van der Waals surface area contributed by atoms with Gasteiger partial charge in [0.15, 0.2) is 11.0 Å². The van der Waals surface area contributed by atoms with Crippen LogP contribution in [0.1, 0.15) is 0 Å². The average Bonchev–Trinajstić information content (AvgIpc) is 2.98. The predicted octanol–water partition coefficient (Wildman–Crippen LogP) is 5.83. The van der Waals surface area contributed by atoms with Gasteiger partial charge in [-0.2, -0.15) is 0 Å². The Hall–Kier alpha value is -1.44. The molecule has 5 nitrogen and oxygen atoms in total. The van der Waals surface area contributed by atoms with E-state index in [1.165, 1.54) is 23.9 Å². The first-order valence-corrected chi connectivity index (χ1v) is 10.1. The van der Waals surface area contributed by atoms with Crippen LogP contribution >= 0.6 is 58.2 Å². The summed E-state index contributed by atoms with van der Waals surface area (Å²) in [5, 5.41) is 13.2. The van der Waals surface area contributed by atoms with Crippen molar-refractivity contribution in [2.75, 3.05) is 11.1 Å². The summed E-state index contributed by atoms with van der Waals surface area (Å²) in [6.45, 7) is 0. The fraction of sp³-hybridized carbons (Fsp3) is 0.118. The maximum absolute atomic E-state index is 12.2. The normalized spacial score (nSPS) is 10.9. The van der Waals surface area contributed by atoms with Crippen molar-refractivity contribution in [1.29, 1.82) is 0 Å². The van der Waals surface area contributed by atoms with Crippen molar-refractivity contribution in [3.8, 4) is 11.4 Å². The lowest BCUT2D eigenvalue weighted by Crippen LogP contribution is -2.14. The third-order valence-corrected chi connectivity index (χ3v) is 5.82. The topological polar surface area (TPSA) is 59.8 Å². The summed E-state index contributed by atoms with van der Waals surface area (Å²) in [6, 6.07) is 10.3. The molecule has 0 saturated carbocycles. The lowest BCUT2D eigenvalue weighted by molar-refractivity contribution is -0.113. The molecule has 0 saturated heterocycles. The van der Waals surface area contributed by atoms with Crippen LogP contribution in [0.25, 0.3) is 11.4 Å². The summed E-state index contributed by atoms with van der Waals surface area (Å²) < 4.78 is 1.80. The number of benzene rings is 2. The van der Waals surface area contributed by atoms with Crippen molar-refractivity contribution >= 4 is 69.8 Å². The summed E-state index contributed by atoms with van der Waals surface area (Å²) in [5.74, 6) is 0.526. The second-order valence-corrected chi connectivity index (χ2v) is 8.06. The molecule has 3 aromatic rings. The van der Waals surface area contributed by atoms with Crippen molar-refractivity contribution in [1.82, 2.24) is 14.8 Å². The first kappa shape index (κ1) is 20.3. The van der Waals surface area contributed by atoms with Crippen LogP contribution in [0.15, 0.2) is 41.6 Å². The zero-order valence-corrected chi connectivity index (χ0v) is 17.7. The van der Waals surface area contributed by atoms with Crippen LogP contribution in [0.2, 0.25) is 20.1 Å². The van der Waals surface area contributed by atoms with Gasteiger partial charge in [-0.05, 0) is 24.3 Å². The number of nitrogens with zero attached hydrogens (tertiary/aromatic N) is 3.